The topological polar surface area (TPSA) is 129 Å². The maximum atomic E-state index is 13.2. The number of benzene rings is 2. The summed E-state index contributed by atoms with van der Waals surface area (Å²) in [6, 6.07) is 14.3. The summed E-state index contributed by atoms with van der Waals surface area (Å²) < 4.78 is 70.5. The highest BCUT2D eigenvalue weighted by Gasteiger charge is 2.31. The second kappa shape index (κ2) is 9.00. The number of alkyl halides is 3. The Hall–Kier alpha value is -3.97. The zero-order chi connectivity index (χ0) is 25.4. The molecule has 0 aliphatic rings. The summed E-state index contributed by atoms with van der Waals surface area (Å²) in [6.07, 6.45) is -3.47. The highest BCUT2D eigenvalue weighted by molar-refractivity contribution is 7.89. The number of para-hydroxylation sites is 1. The molecule has 13 heteroatoms. The van der Waals surface area contributed by atoms with Crippen molar-refractivity contribution in [2.75, 3.05) is 19.4 Å². The Labute approximate surface area is 197 Å². The molecular formula is C22H18F3N5O4S. The van der Waals surface area contributed by atoms with Gasteiger partial charge in [-0.3, -0.25) is 4.79 Å². The van der Waals surface area contributed by atoms with Crippen LogP contribution in [0.25, 0.3) is 27.7 Å². The van der Waals surface area contributed by atoms with Crippen molar-refractivity contribution in [1.82, 2.24) is 19.3 Å². The van der Waals surface area contributed by atoms with Gasteiger partial charge in [0, 0.05) is 11.8 Å². The predicted octanol–water partition coefficient (Wildman–Crippen LogP) is 2.88. The summed E-state index contributed by atoms with van der Waals surface area (Å²) in [5, 5.41) is 0.191. The van der Waals surface area contributed by atoms with Crippen LogP contribution in [-0.2, 0) is 10.0 Å². The molecule has 0 aliphatic heterocycles. The Morgan fingerprint density at radius 1 is 1.09 bits per heavy atom. The van der Waals surface area contributed by atoms with Crippen LogP contribution in [0.3, 0.4) is 0 Å². The number of nitrogen functional groups attached to an aromatic ring is 1. The van der Waals surface area contributed by atoms with Gasteiger partial charge in [-0.2, -0.15) is 13.2 Å². The van der Waals surface area contributed by atoms with Crippen molar-refractivity contribution >= 4 is 26.9 Å². The van der Waals surface area contributed by atoms with Gasteiger partial charge in [-0.15, -0.1) is 0 Å². The van der Waals surface area contributed by atoms with E-state index in [4.69, 9.17) is 10.5 Å². The van der Waals surface area contributed by atoms with Crippen molar-refractivity contribution in [2.24, 2.45) is 0 Å². The minimum Gasteiger partial charge on any atom is -0.480 e. The van der Waals surface area contributed by atoms with Crippen LogP contribution in [0, 0.1) is 0 Å². The Morgan fingerprint density at radius 3 is 2.46 bits per heavy atom. The molecule has 0 amide bonds. The lowest BCUT2D eigenvalue weighted by Crippen LogP contribution is -2.34. The molecule has 3 N–H and O–H groups in total. The zero-order valence-corrected chi connectivity index (χ0v) is 18.9. The third-order valence-corrected chi connectivity index (χ3v) is 6.40. The second-order valence-electron chi connectivity index (χ2n) is 7.35. The first-order chi connectivity index (χ1) is 16.5. The lowest BCUT2D eigenvalue weighted by molar-refractivity contribution is -0.121. The van der Waals surface area contributed by atoms with E-state index in [9.17, 15) is 26.4 Å². The molecule has 0 radical (unpaired) electrons. The summed E-state index contributed by atoms with van der Waals surface area (Å²) in [4.78, 5) is 20.8. The van der Waals surface area contributed by atoms with Gasteiger partial charge in [0.25, 0.3) is 5.56 Å². The molecule has 2 heterocycles. The molecule has 9 nitrogen and oxygen atoms in total. The lowest BCUT2D eigenvalue weighted by Gasteiger charge is -2.13. The van der Waals surface area contributed by atoms with E-state index in [1.165, 1.54) is 27.6 Å². The third-order valence-electron chi connectivity index (χ3n) is 5.01. The first kappa shape index (κ1) is 24.2. The van der Waals surface area contributed by atoms with Gasteiger partial charge < -0.3 is 10.5 Å². The van der Waals surface area contributed by atoms with Crippen molar-refractivity contribution in [2.45, 2.75) is 11.1 Å². The number of ether oxygens (including phenoxy) is 1. The number of rotatable bonds is 6. The van der Waals surface area contributed by atoms with Gasteiger partial charge in [-0.05, 0) is 35.9 Å². The molecule has 182 valence electrons. The Balaban J connectivity index is 1.84. The minimum absolute atomic E-state index is 0.0170. The van der Waals surface area contributed by atoms with Crippen LogP contribution in [0.15, 0.2) is 70.5 Å². The molecule has 0 atom stereocenters. The minimum atomic E-state index is -4.75. The van der Waals surface area contributed by atoms with E-state index in [-0.39, 0.29) is 22.8 Å². The van der Waals surface area contributed by atoms with Gasteiger partial charge in [-0.25, -0.2) is 27.7 Å². The van der Waals surface area contributed by atoms with Crippen LogP contribution in [0.2, 0.25) is 0 Å². The van der Waals surface area contributed by atoms with Gasteiger partial charge in [-0.1, -0.05) is 24.3 Å². The summed E-state index contributed by atoms with van der Waals surface area (Å²) in [5.74, 6) is -0.401. The van der Waals surface area contributed by atoms with Crippen molar-refractivity contribution < 1.29 is 26.3 Å². The zero-order valence-electron chi connectivity index (χ0n) is 18.1. The highest BCUT2D eigenvalue weighted by atomic mass is 32.2. The number of nitrogens with one attached hydrogen (secondary N) is 1. The number of hydrogen-bond donors (Lipinski definition) is 2. The lowest BCUT2D eigenvalue weighted by atomic mass is 10.1. The number of pyridine rings is 1. The van der Waals surface area contributed by atoms with E-state index in [1.54, 1.807) is 36.4 Å². The number of fused-ring (bicyclic) bond motifs is 1. The molecule has 0 fully saturated rings. The molecule has 0 saturated carbocycles. The average Bonchev–Trinajstić information content (AvgIpc) is 2.82. The number of methoxy groups -OCH3 is 1. The fourth-order valence-electron chi connectivity index (χ4n) is 3.40. The summed E-state index contributed by atoms with van der Waals surface area (Å²) in [7, 11) is -3.48. The van der Waals surface area contributed by atoms with Crippen molar-refractivity contribution in [3.8, 4) is 22.7 Å². The van der Waals surface area contributed by atoms with Crippen molar-refractivity contribution in [3.63, 3.8) is 0 Å². The molecule has 0 spiro atoms. The molecule has 0 aliphatic carbocycles. The average molecular weight is 505 g/mol. The second-order valence-corrected chi connectivity index (χ2v) is 9.08. The number of aromatic nitrogens is 3. The van der Waals surface area contributed by atoms with Crippen molar-refractivity contribution in [3.05, 3.63) is 71.1 Å². The number of nitrogens with two attached hydrogens (primary N) is 1. The van der Waals surface area contributed by atoms with Crippen LogP contribution < -0.4 is 20.8 Å². The monoisotopic (exact) mass is 505 g/mol. The smallest absolute Gasteiger partial charge is 0.402 e. The number of sulfonamides is 1. The molecule has 0 bridgehead atoms. The van der Waals surface area contributed by atoms with Gasteiger partial charge in [0.2, 0.25) is 21.9 Å². The maximum absolute atomic E-state index is 13.2. The first-order valence-electron chi connectivity index (χ1n) is 9.99. The highest BCUT2D eigenvalue weighted by Crippen LogP contribution is 2.29. The van der Waals surface area contributed by atoms with Crippen LogP contribution in [0.1, 0.15) is 0 Å². The van der Waals surface area contributed by atoms with E-state index in [0.717, 1.165) is 13.2 Å². The number of hydrogen-bond acceptors (Lipinski definition) is 7. The van der Waals surface area contributed by atoms with Crippen LogP contribution >= 0.6 is 0 Å². The number of nitrogens with zero attached hydrogens (tertiary/aromatic N) is 3. The van der Waals surface area contributed by atoms with E-state index in [0.29, 0.717) is 16.8 Å². The SMILES string of the molecule is COc1ncc(-c2ccc3nc(N)n(-c4ccccc4)c(=O)c3c2)cc1S(=O)(=O)NCC(F)(F)F. The standard InChI is InChI=1S/C22H18F3N5O4S/c1-34-19-18(35(32,33)28-12-22(23,24)25)10-14(11-27-19)13-7-8-17-16(9-13)20(31)30(21(26)29-17)15-5-3-2-4-6-15/h2-11,28H,12H2,1H3,(H2,26,29). The quantitative estimate of drug-likeness (QED) is 0.412. The molecule has 4 rings (SSSR count). The molecule has 2 aromatic carbocycles. The number of anilines is 1. The number of halogens is 3. The van der Waals surface area contributed by atoms with E-state index < -0.39 is 33.2 Å². The summed E-state index contributed by atoms with van der Waals surface area (Å²) >= 11 is 0. The first-order valence-corrected chi connectivity index (χ1v) is 11.5. The third kappa shape index (κ3) is 4.95. The van der Waals surface area contributed by atoms with Crippen LogP contribution in [-0.4, -0.2) is 42.8 Å². The van der Waals surface area contributed by atoms with E-state index in [1.807, 2.05) is 0 Å². The fourth-order valence-corrected chi connectivity index (χ4v) is 4.56. The molecule has 2 aromatic heterocycles. The largest absolute Gasteiger partial charge is 0.480 e. The summed E-state index contributed by atoms with van der Waals surface area (Å²) in [6.45, 7) is -1.76. The van der Waals surface area contributed by atoms with Gasteiger partial charge >= 0.3 is 6.18 Å². The Bertz CT molecular complexity index is 1570. The van der Waals surface area contributed by atoms with Crippen LogP contribution in [0.4, 0.5) is 19.1 Å². The Kier molecular flexibility index (Phi) is 6.21. The summed E-state index contributed by atoms with van der Waals surface area (Å²) in [5.41, 5.74) is 6.96. The van der Waals surface area contributed by atoms with Gasteiger partial charge in [0.05, 0.1) is 23.7 Å². The Morgan fingerprint density at radius 2 is 1.80 bits per heavy atom. The molecule has 0 unspecified atom stereocenters. The normalized spacial score (nSPS) is 12.1. The molecule has 35 heavy (non-hydrogen) atoms. The van der Waals surface area contributed by atoms with Crippen LogP contribution in [0.5, 0.6) is 5.88 Å². The van der Waals surface area contributed by atoms with Gasteiger partial charge in [0.1, 0.15) is 11.4 Å². The molecule has 4 aromatic rings. The predicted molar refractivity (Wildman–Crippen MR) is 123 cm³/mol. The molecular weight excluding hydrogens is 487 g/mol. The van der Waals surface area contributed by atoms with E-state index in [2.05, 4.69) is 9.97 Å². The van der Waals surface area contributed by atoms with Crippen molar-refractivity contribution in [1.29, 1.82) is 0 Å². The van der Waals surface area contributed by atoms with E-state index >= 15 is 0 Å². The molecule has 0 saturated heterocycles. The maximum Gasteiger partial charge on any atom is 0.402 e. The fraction of sp³-hybridized carbons (Fsp3) is 0.136. The van der Waals surface area contributed by atoms with Gasteiger partial charge in [0.15, 0.2) is 0 Å².